The monoisotopic (exact) mass is 486 g/mol. The van der Waals surface area contributed by atoms with Gasteiger partial charge in [0, 0.05) is 5.56 Å². The molecule has 0 spiro atoms. The van der Waals surface area contributed by atoms with E-state index in [0.717, 1.165) is 4.90 Å². The molecule has 1 fully saturated rings. The van der Waals surface area contributed by atoms with Crippen molar-refractivity contribution in [3.8, 4) is 17.2 Å². The van der Waals surface area contributed by atoms with Crippen LogP contribution in [-0.2, 0) is 16.9 Å². The molecule has 1 atom stereocenters. The zero-order valence-corrected chi connectivity index (χ0v) is 18.6. The molecule has 3 aromatic rings. The fourth-order valence-corrected chi connectivity index (χ4v) is 3.98. The molecule has 0 radical (unpaired) electrons. The Morgan fingerprint density at radius 2 is 1.90 bits per heavy atom. The predicted octanol–water partition coefficient (Wildman–Crippen LogP) is 2.41. The topological polar surface area (TPSA) is 111 Å². The molecule has 31 heavy (non-hydrogen) atoms. The van der Waals surface area contributed by atoms with Gasteiger partial charge in [-0.25, -0.2) is 9.48 Å². The van der Waals surface area contributed by atoms with E-state index in [4.69, 9.17) is 9.47 Å². The molecule has 11 heteroatoms. The molecule has 1 aromatic heterocycles. The number of benzene rings is 2. The lowest BCUT2D eigenvalue weighted by Gasteiger charge is -2.23. The number of methoxy groups -OCH3 is 2. The summed E-state index contributed by atoms with van der Waals surface area (Å²) < 4.78 is 12.9. The van der Waals surface area contributed by atoms with Gasteiger partial charge in [-0.15, -0.1) is 5.10 Å². The van der Waals surface area contributed by atoms with Crippen LogP contribution in [0, 0.1) is 0 Å². The maximum atomic E-state index is 13.4. The van der Waals surface area contributed by atoms with Crippen molar-refractivity contribution in [1.29, 1.82) is 0 Å². The zero-order chi connectivity index (χ0) is 22.2. The van der Waals surface area contributed by atoms with Gasteiger partial charge in [-0.05, 0) is 63.1 Å². The minimum atomic E-state index is -1.24. The summed E-state index contributed by atoms with van der Waals surface area (Å²) in [5, 5.41) is 13.9. The summed E-state index contributed by atoms with van der Waals surface area (Å²) in [7, 11) is 3.07. The highest BCUT2D eigenvalue weighted by Gasteiger charge is 2.49. The fourth-order valence-electron chi connectivity index (χ4n) is 3.49. The van der Waals surface area contributed by atoms with Crippen molar-refractivity contribution in [3.05, 3.63) is 58.3 Å². The Kier molecular flexibility index (Phi) is 5.36. The minimum Gasteiger partial charge on any atom is -0.496 e. The number of hydrogen-bond acceptors (Lipinski definition) is 7. The Labute approximate surface area is 186 Å². The number of nitrogens with one attached hydrogen (secondary N) is 1. The molecule has 4 rings (SSSR count). The van der Waals surface area contributed by atoms with Gasteiger partial charge in [0.1, 0.15) is 23.4 Å². The second kappa shape index (κ2) is 7.99. The van der Waals surface area contributed by atoms with Crippen LogP contribution in [0.4, 0.5) is 4.79 Å². The molecule has 2 aromatic carbocycles. The summed E-state index contributed by atoms with van der Waals surface area (Å²) in [4.78, 5) is 27.3. The van der Waals surface area contributed by atoms with Gasteiger partial charge in [-0.2, -0.15) is 0 Å². The van der Waals surface area contributed by atoms with Crippen LogP contribution in [0.15, 0.2) is 47.2 Å². The van der Waals surface area contributed by atoms with E-state index in [1.165, 1.54) is 18.1 Å². The first-order valence-corrected chi connectivity index (χ1v) is 10.0. The standard InChI is InChI=1S/C20H19BrN6O4/c1-20(13-5-4-6-14(8-13)27-11-22-24-25-27)18(28)26(19(29)23-20)10-12-7-17(31-3)15(21)9-16(12)30-2/h4-9,11H,10H2,1-3H3,(H,23,29)/t20-/m0/s1. The molecule has 1 aliphatic rings. The third kappa shape index (κ3) is 3.61. The quantitative estimate of drug-likeness (QED) is 0.532. The lowest BCUT2D eigenvalue weighted by Crippen LogP contribution is -2.40. The third-order valence-corrected chi connectivity index (χ3v) is 5.82. The molecule has 3 amide bonds. The normalized spacial score (nSPS) is 18.3. The molecular formula is C20H19BrN6O4. The first kappa shape index (κ1) is 20.8. The highest BCUT2D eigenvalue weighted by atomic mass is 79.9. The number of urea groups is 1. The molecule has 0 bridgehead atoms. The maximum absolute atomic E-state index is 13.4. The van der Waals surface area contributed by atoms with Crippen LogP contribution >= 0.6 is 15.9 Å². The number of imide groups is 1. The average molecular weight is 487 g/mol. The van der Waals surface area contributed by atoms with Crippen molar-refractivity contribution in [2.75, 3.05) is 14.2 Å². The van der Waals surface area contributed by atoms with Gasteiger partial charge >= 0.3 is 6.03 Å². The van der Waals surface area contributed by atoms with Gasteiger partial charge in [0.05, 0.1) is 30.9 Å². The molecule has 0 saturated carbocycles. The third-order valence-electron chi connectivity index (χ3n) is 5.20. The number of amides is 3. The molecular weight excluding hydrogens is 468 g/mol. The number of hydrogen-bond donors (Lipinski definition) is 1. The summed E-state index contributed by atoms with van der Waals surface area (Å²) in [6.45, 7) is 1.70. The first-order valence-electron chi connectivity index (χ1n) is 9.26. The van der Waals surface area contributed by atoms with Crippen molar-refractivity contribution in [1.82, 2.24) is 30.4 Å². The van der Waals surface area contributed by atoms with Crippen molar-refractivity contribution in [2.45, 2.75) is 19.0 Å². The van der Waals surface area contributed by atoms with Crippen LogP contribution in [-0.4, -0.2) is 51.3 Å². The van der Waals surface area contributed by atoms with Gasteiger partial charge < -0.3 is 14.8 Å². The molecule has 1 aliphatic heterocycles. The summed E-state index contributed by atoms with van der Waals surface area (Å²) >= 11 is 3.41. The van der Waals surface area contributed by atoms with Gasteiger partial charge in [0.2, 0.25) is 0 Å². The summed E-state index contributed by atoms with van der Waals surface area (Å²) in [6.07, 6.45) is 1.45. The Bertz CT molecular complexity index is 1150. The minimum absolute atomic E-state index is 0.0275. The predicted molar refractivity (Wildman–Crippen MR) is 113 cm³/mol. The summed E-state index contributed by atoms with van der Waals surface area (Å²) in [5.41, 5.74) is 0.677. The highest BCUT2D eigenvalue weighted by molar-refractivity contribution is 9.10. The van der Waals surface area contributed by atoms with Crippen LogP contribution in [0.25, 0.3) is 5.69 Å². The molecule has 160 valence electrons. The first-order chi connectivity index (χ1) is 14.9. The van der Waals surface area contributed by atoms with E-state index in [9.17, 15) is 9.59 Å². The number of nitrogens with zero attached hydrogens (tertiary/aromatic N) is 5. The molecule has 0 aliphatic carbocycles. The zero-order valence-electron chi connectivity index (χ0n) is 17.0. The average Bonchev–Trinajstić information content (AvgIpc) is 3.38. The summed E-state index contributed by atoms with van der Waals surface area (Å²) in [5.74, 6) is 0.720. The number of rotatable bonds is 6. The van der Waals surface area contributed by atoms with Gasteiger partial charge in [0.15, 0.2) is 0 Å². The van der Waals surface area contributed by atoms with Crippen LogP contribution in [0.5, 0.6) is 11.5 Å². The van der Waals surface area contributed by atoms with E-state index in [0.29, 0.717) is 32.8 Å². The van der Waals surface area contributed by atoms with E-state index in [1.807, 2.05) is 0 Å². The molecule has 2 heterocycles. The largest absolute Gasteiger partial charge is 0.496 e. The highest BCUT2D eigenvalue weighted by Crippen LogP contribution is 2.36. The molecule has 10 nitrogen and oxygen atoms in total. The number of halogens is 1. The number of tetrazole rings is 1. The van der Waals surface area contributed by atoms with Crippen molar-refractivity contribution < 1.29 is 19.1 Å². The second-order valence-corrected chi connectivity index (χ2v) is 7.90. The number of aromatic nitrogens is 4. The van der Waals surface area contributed by atoms with Crippen molar-refractivity contribution in [3.63, 3.8) is 0 Å². The second-order valence-electron chi connectivity index (χ2n) is 7.05. The SMILES string of the molecule is COc1cc(CN2C(=O)N[C@@](C)(c3cccc(-n4cnnn4)c3)C2=O)c(OC)cc1Br. The van der Waals surface area contributed by atoms with Crippen LogP contribution < -0.4 is 14.8 Å². The molecule has 1 N–H and O–H groups in total. The van der Waals surface area contributed by atoms with Crippen LogP contribution in [0.2, 0.25) is 0 Å². The van der Waals surface area contributed by atoms with Crippen molar-refractivity contribution >= 4 is 27.9 Å². The van der Waals surface area contributed by atoms with Crippen LogP contribution in [0.1, 0.15) is 18.1 Å². The van der Waals surface area contributed by atoms with E-state index in [1.54, 1.807) is 50.4 Å². The molecule has 1 saturated heterocycles. The van der Waals surface area contributed by atoms with Gasteiger partial charge in [-0.1, -0.05) is 12.1 Å². The van der Waals surface area contributed by atoms with Crippen LogP contribution in [0.3, 0.4) is 0 Å². The number of carbonyl (C=O) groups excluding carboxylic acids is 2. The fraction of sp³-hybridized carbons (Fsp3) is 0.250. The Morgan fingerprint density at radius 1 is 1.13 bits per heavy atom. The van der Waals surface area contributed by atoms with E-state index in [-0.39, 0.29) is 12.5 Å². The van der Waals surface area contributed by atoms with Gasteiger partial charge in [-0.3, -0.25) is 9.69 Å². The summed E-state index contributed by atoms with van der Waals surface area (Å²) in [6, 6.07) is 10.1. The Hall–Kier alpha value is -3.47. The number of carbonyl (C=O) groups is 2. The van der Waals surface area contributed by atoms with E-state index < -0.39 is 11.6 Å². The smallest absolute Gasteiger partial charge is 0.325 e. The van der Waals surface area contributed by atoms with E-state index >= 15 is 0 Å². The maximum Gasteiger partial charge on any atom is 0.325 e. The lowest BCUT2D eigenvalue weighted by molar-refractivity contribution is -0.131. The number of ether oxygens (including phenoxy) is 2. The van der Waals surface area contributed by atoms with Crippen molar-refractivity contribution in [2.24, 2.45) is 0 Å². The van der Waals surface area contributed by atoms with Gasteiger partial charge in [0.25, 0.3) is 5.91 Å². The Morgan fingerprint density at radius 3 is 2.58 bits per heavy atom. The van der Waals surface area contributed by atoms with E-state index in [2.05, 4.69) is 36.8 Å². The Balaban J connectivity index is 1.66. The molecule has 0 unspecified atom stereocenters. The lowest BCUT2D eigenvalue weighted by atomic mass is 9.91.